The molecule has 4 aromatic heterocycles. The molecule has 2 saturated heterocycles. The number of aromatic nitrogens is 6. The monoisotopic (exact) mass is 1010 g/mol. The first-order chi connectivity index (χ1) is 34.3. The molecule has 16 nitrogen and oxygen atoms in total. The van der Waals surface area contributed by atoms with Crippen LogP contribution >= 0.6 is 22.7 Å². The molecule has 11 rings (SSSR count). The first-order valence-corrected chi connectivity index (χ1v) is 24.2. The summed E-state index contributed by atoms with van der Waals surface area (Å²) >= 11 is 2.20. The molecular weight excluding hydrogens is 969 g/mol. The summed E-state index contributed by atoms with van der Waals surface area (Å²) in [6, 6.07) is 15.2. The maximum absolute atomic E-state index is 14.2. The Balaban J connectivity index is 0.000000167. The number of carbonyl (C=O) groups is 2. The van der Waals surface area contributed by atoms with Crippen molar-refractivity contribution in [3.63, 3.8) is 0 Å². The molecule has 8 heterocycles. The number of likely N-dealkylation sites (N-methyl/N-ethyl adjacent to an activating group) is 2. The first-order valence-electron chi connectivity index (χ1n) is 22.6. The summed E-state index contributed by atoms with van der Waals surface area (Å²) in [5.74, 6) is -4.12. The summed E-state index contributed by atoms with van der Waals surface area (Å²) in [5, 5.41) is 28.5. The van der Waals surface area contributed by atoms with E-state index in [4.69, 9.17) is 14.2 Å². The number of rotatable bonds is 11. The summed E-state index contributed by atoms with van der Waals surface area (Å²) in [7, 11) is 0. The fraction of sp³-hybridized carbons (Fsp3) is 0.306. The number of benzene rings is 3. The Bertz CT molecular complexity index is 3330. The van der Waals surface area contributed by atoms with Crippen molar-refractivity contribution in [3.05, 3.63) is 161 Å². The third-order valence-corrected chi connectivity index (χ3v) is 14.8. The Kier molecular flexibility index (Phi) is 13.1. The lowest BCUT2D eigenvalue weighted by Gasteiger charge is -2.39. The number of fused-ring (bicyclic) bond motifs is 6. The Morgan fingerprint density at radius 3 is 1.62 bits per heavy atom. The number of ether oxygens (including phenoxy) is 3. The van der Waals surface area contributed by atoms with Gasteiger partial charge in [0.1, 0.15) is 39.9 Å². The fourth-order valence-electron chi connectivity index (χ4n) is 9.38. The predicted molar refractivity (Wildman–Crippen MR) is 251 cm³/mol. The van der Waals surface area contributed by atoms with Gasteiger partial charge in [-0.15, -0.1) is 20.4 Å². The second-order valence-electron chi connectivity index (χ2n) is 17.1. The molecule has 0 aliphatic carbocycles. The molecule has 7 aromatic rings. The van der Waals surface area contributed by atoms with Crippen LogP contribution in [-0.2, 0) is 28.9 Å². The Morgan fingerprint density at radius 1 is 0.634 bits per heavy atom. The smallest absolute Gasteiger partial charge is 0.274 e. The normalized spacial score (nSPS) is 19.0. The Morgan fingerprint density at radius 2 is 1.11 bits per heavy atom. The molecule has 22 heteroatoms. The first kappa shape index (κ1) is 47.5. The maximum Gasteiger partial charge on any atom is 0.274 e. The highest BCUT2D eigenvalue weighted by Crippen LogP contribution is 2.39. The lowest BCUT2D eigenvalue weighted by Crippen LogP contribution is -2.51. The fourth-order valence-corrected chi connectivity index (χ4v) is 11.1. The summed E-state index contributed by atoms with van der Waals surface area (Å²) in [6.07, 6.45) is 3.31. The van der Waals surface area contributed by atoms with Gasteiger partial charge in [0.05, 0.1) is 61.7 Å². The second-order valence-corrected chi connectivity index (χ2v) is 19.2. The van der Waals surface area contributed by atoms with Gasteiger partial charge in [-0.1, -0.05) is 65.1 Å². The molecule has 4 atom stereocenters. The lowest BCUT2D eigenvalue weighted by atomic mass is 10.0. The van der Waals surface area contributed by atoms with Crippen LogP contribution in [0.25, 0.3) is 21.1 Å². The lowest BCUT2D eigenvalue weighted by molar-refractivity contribution is 0.0563. The summed E-state index contributed by atoms with van der Waals surface area (Å²) < 4.78 is 75.4. The standard InChI is InChI=1S/C28H24F2N4O4S.C21H18F2N4O4S/c1-2-33-21-14-37-15-22(21)34-12-19(27-32-31-23(39-27)10-17-8-9-18(29)11-20(17)30)25(35)26(24(34)28(33)36)38-13-16-6-4-3-5-7-16;1-2-26-14-8-31-9-15(14)27-7-12(18(28)19(29)17(27)21(26)30)20-25-24-16(32-20)5-10-3-4-11(22)6-13(10)23/h3-9,11-12,21-22H,2,10,13-15H2,1H3;3-4,6-7,14-15,29H,2,5,8-9H2,1H3/t21-,22?;14-,15?/m00/s1. The molecule has 2 fully saturated rings. The van der Waals surface area contributed by atoms with Gasteiger partial charge in [0.25, 0.3) is 11.8 Å². The molecule has 4 aliphatic rings. The zero-order valence-corrected chi connectivity index (χ0v) is 39.5. The van der Waals surface area contributed by atoms with Gasteiger partial charge in [0, 0.05) is 50.5 Å². The van der Waals surface area contributed by atoms with E-state index in [1.165, 1.54) is 24.4 Å². The van der Waals surface area contributed by atoms with Gasteiger partial charge in [-0.05, 0) is 42.7 Å². The van der Waals surface area contributed by atoms with E-state index in [-0.39, 0.29) is 93.9 Å². The van der Waals surface area contributed by atoms with Gasteiger partial charge in [-0.25, -0.2) is 17.6 Å². The van der Waals surface area contributed by atoms with E-state index >= 15 is 0 Å². The SMILES string of the molecule is CCN1C(=O)c2c(O)c(=O)c(-c3nnc(Cc4ccc(F)cc4F)s3)cn2C2COC[C@@H]21.CCN1C(=O)c2c(OCc3ccccc3)c(=O)c(-c3nnc(Cc4ccc(F)cc4F)s3)cn2C2COC[C@@H]21. The molecule has 0 radical (unpaired) electrons. The highest BCUT2D eigenvalue weighted by atomic mass is 32.1. The zero-order chi connectivity index (χ0) is 49.7. The number of pyridine rings is 2. The molecule has 2 amide bonds. The quantitative estimate of drug-likeness (QED) is 0.138. The molecule has 0 saturated carbocycles. The van der Waals surface area contributed by atoms with Crippen molar-refractivity contribution in [2.24, 2.45) is 0 Å². The highest BCUT2D eigenvalue weighted by Gasteiger charge is 2.46. The van der Waals surface area contributed by atoms with Crippen LogP contribution in [-0.4, -0.2) is 108 Å². The largest absolute Gasteiger partial charge is 0.503 e. The van der Waals surface area contributed by atoms with E-state index in [2.05, 4.69) is 20.4 Å². The molecule has 0 spiro atoms. The zero-order valence-electron chi connectivity index (χ0n) is 37.9. The maximum atomic E-state index is 14.2. The van der Waals surface area contributed by atoms with Crippen LogP contribution < -0.4 is 15.6 Å². The minimum atomic E-state index is -0.728. The molecule has 2 unspecified atom stereocenters. The van der Waals surface area contributed by atoms with Crippen molar-refractivity contribution in [1.82, 2.24) is 39.3 Å². The van der Waals surface area contributed by atoms with Gasteiger partial charge in [0.2, 0.25) is 10.9 Å². The van der Waals surface area contributed by atoms with E-state index in [1.54, 1.807) is 25.1 Å². The van der Waals surface area contributed by atoms with Gasteiger partial charge in [-0.2, -0.15) is 0 Å². The Labute approximate surface area is 409 Å². The van der Waals surface area contributed by atoms with Crippen molar-refractivity contribution >= 4 is 34.5 Å². The number of carbonyl (C=O) groups excluding carboxylic acids is 2. The average molecular weight is 1010 g/mol. The van der Waals surface area contributed by atoms with Gasteiger partial charge in [-0.3, -0.25) is 19.2 Å². The molecule has 3 aromatic carbocycles. The third-order valence-electron chi connectivity index (χ3n) is 12.9. The van der Waals surface area contributed by atoms with Crippen molar-refractivity contribution < 1.29 is 46.5 Å². The summed E-state index contributed by atoms with van der Waals surface area (Å²) in [6.45, 7) is 6.22. The Hall–Kier alpha value is -7.14. The van der Waals surface area contributed by atoms with Crippen LogP contribution in [0.1, 0.15) is 73.6 Å². The predicted octanol–water partition coefficient (Wildman–Crippen LogP) is 6.59. The van der Waals surface area contributed by atoms with Gasteiger partial charge < -0.3 is 38.3 Å². The molecule has 71 heavy (non-hydrogen) atoms. The summed E-state index contributed by atoms with van der Waals surface area (Å²) in [5.41, 5.74) is 0.601. The van der Waals surface area contributed by atoms with E-state index in [9.17, 15) is 41.8 Å². The number of halogens is 4. The van der Waals surface area contributed by atoms with Crippen LogP contribution in [0.4, 0.5) is 17.6 Å². The van der Waals surface area contributed by atoms with Crippen molar-refractivity contribution in [2.75, 3.05) is 39.5 Å². The second kappa shape index (κ2) is 19.6. The topological polar surface area (TPSA) is 184 Å². The van der Waals surface area contributed by atoms with E-state index < -0.39 is 45.8 Å². The number of nitrogens with zero attached hydrogens (tertiary/aromatic N) is 8. The molecule has 366 valence electrons. The summed E-state index contributed by atoms with van der Waals surface area (Å²) in [4.78, 5) is 56.6. The third kappa shape index (κ3) is 8.89. The van der Waals surface area contributed by atoms with Crippen molar-refractivity contribution in [1.29, 1.82) is 0 Å². The molecule has 0 bridgehead atoms. The number of amides is 2. The van der Waals surface area contributed by atoms with E-state index in [1.807, 2.05) is 44.2 Å². The average Bonchev–Trinajstić information content (AvgIpc) is 4.21. The molecular formula is C49H42F4N8O8S2. The highest BCUT2D eigenvalue weighted by molar-refractivity contribution is 7.15. The van der Waals surface area contributed by atoms with E-state index in [0.717, 1.165) is 46.4 Å². The van der Waals surface area contributed by atoms with Gasteiger partial charge >= 0.3 is 0 Å². The van der Waals surface area contributed by atoms with E-state index in [0.29, 0.717) is 54.5 Å². The minimum absolute atomic E-state index is 0.0496. The minimum Gasteiger partial charge on any atom is -0.503 e. The van der Waals surface area contributed by atoms with Gasteiger partial charge in [0.15, 0.2) is 32.9 Å². The van der Waals surface area contributed by atoms with Crippen LogP contribution in [0.5, 0.6) is 11.5 Å². The number of hydrogen-bond acceptors (Lipinski definition) is 14. The van der Waals surface area contributed by atoms with Crippen molar-refractivity contribution in [2.45, 2.75) is 57.5 Å². The molecule has 1 N–H and O–H groups in total. The number of hydrogen-bond donors (Lipinski definition) is 1. The van der Waals surface area contributed by atoms with Crippen LogP contribution in [0.15, 0.2) is 88.7 Å². The number of aromatic hydroxyl groups is 1. The molecule has 4 aliphatic heterocycles. The van der Waals surface area contributed by atoms with Crippen molar-refractivity contribution in [3.8, 4) is 32.6 Å². The van der Waals surface area contributed by atoms with Crippen LogP contribution in [0.3, 0.4) is 0 Å². The van der Waals surface area contributed by atoms with Crippen LogP contribution in [0, 0.1) is 23.3 Å². The van der Waals surface area contributed by atoms with Crippen LogP contribution in [0.2, 0.25) is 0 Å².